The summed E-state index contributed by atoms with van der Waals surface area (Å²) >= 11 is 0. The largest absolute Gasteiger partial charge is 0.393 e. The van der Waals surface area contributed by atoms with Crippen LogP contribution in [0, 0.1) is 23.7 Å². The Bertz CT molecular complexity index is 270. The van der Waals surface area contributed by atoms with Crippen LogP contribution in [0.15, 0.2) is 0 Å². The van der Waals surface area contributed by atoms with Gasteiger partial charge in [0.2, 0.25) is 0 Å². The molecule has 0 saturated heterocycles. The van der Waals surface area contributed by atoms with Crippen LogP contribution in [0.5, 0.6) is 0 Å². The summed E-state index contributed by atoms with van der Waals surface area (Å²) in [7, 11) is 0. The van der Waals surface area contributed by atoms with E-state index in [0.29, 0.717) is 23.7 Å². The van der Waals surface area contributed by atoms with E-state index in [1.807, 2.05) is 0 Å². The number of aliphatic hydroxyl groups is 4. The molecule has 8 atom stereocenters. The minimum absolute atomic E-state index is 0.0987. The van der Waals surface area contributed by atoms with Crippen LogP contribution in [-0.2, 0) is 0 Å². The lowest BCUT2D eigenvalue weighted by molar-refractivity contribution is -0.0160. The van der Waals surface area contributed by atoms with Gasteiger partial charge in [-0.25, -0.2) is 0 Å². The monoisotopic (exact) mass is 256 g/mol. The van der Waals surface area contributed by atoms with E-state index < -0.39 is 12.2 Å². The first kappa shape index (κ1) is 12.9. The molecule has 4 N–H and O–H groups in total. The fourth-order valence-corrected chi connectivity index (χ4v) is 4.45. The fraction of sp³-hybridized carbons (Fsp3) is 1.00. The highest BCUT2D eigenvalue weighted by Crippen LogP contribution is 2.45. The molecule has 18 heavy (non-hydrogen) atoms. The molecule has 4 fully saturated rings. The maximum atomic E-state index is 9.24. The van der Waals surface area contributed by atoms with Crippen molar-refractivity contribution in [1.29, 1.82) is 0 Å². The first-order valence-electron chi connectivity index (χ1n) is 7.28. The molecule has 4 heteroatoms. The smallest absolute Gasteiger partial charge is 0.0830 e. The van der Waals surface area contributed by atoms with E-state index in [1.165, 1.54) is 0 Å². The second-order valence-corrected chi connectivity index (χ2v) is 6.68. The lowest BCUT2D eigenvalue weighted by Crippen LogP contribution is -2.31. The van der Waals surface area contributed by atoms with Gasteiger partial charge < -0.3 is 20.4 Å². The molecular weight excluding hydrogens is 232 g/mol. The molecule has 0 radical (unpaired) electrons. The summed E-state index contributed by atoms with van der Waals surface area (Å²) < 4.78 is 0. The van der Waals surface area contributed by atoms with Crippen molar-refractivity contribution in [3.63, 3.8) is 0 Å². The Kier molecular flexibility index (Phi) is 3.39. The molecule has 0 amide bonds. The fourth-order valence-electron chi connectivity index (χ4n) is 4.45. The van der Waals surface area contributed by atoms with E-state index in [9.17, 15) is 20.4 Å². The summed E-state index contributed by atoms with van der Waals surface area (Å²) in [5, 5.41) is 36.9. The van der Waals surface area contributed by atoms with Gasteiger partial charge in [-0.3, -0.25) is 0 Å². The molecule has 0 aliphatic heterocycles. The van der Waals surface area contributed by atoms with E-state index in [-0.39, 0.29) is 12.2 Å². The first-order valence-corrected chi connectivity index (χ1v) is 7.28. The molecule has 4 aliphatic carbocycles. The minimum Gasteiger partial charge on any atom is -0.393 e. The summed E-state index contributed by atoms with van der Waals surface area (Å²) in [5.41, 5.74) is 0. The molecule has 0 spiro atoms. The molecule has 0 aromatic rings. The van der Waals surface area contributed by atoms with Crippen LogP contribution in [0.4, 0.5) is 0 Å². The highest BCUT2D eigenvalue weighted by molar-refractivity contribution is 4.96. The third-order valence-corrected chi connectivity index (χ3v) is 5.61. The zero-order valence-corrected chi connectivity index (χ0v) is 10.7. The van der Waals surface area contributed by atoms with E-state index in [4.69, 9.17) is 0 Å². The Morgan fingerprint density at radius 1 is 0.500 bits per heavy atom. The summed E-state index contributed by atoms with van der Waals surface area (Å²) in [6, 6.07) is 0. The van der Waals surface area contributed by atoms with Gasteiger partial charge >= 0.3 is 0 Å². The lowest BCUT2D eigenvalue weighted by atomic mass is 9.95. The second kappa shape index (κ2) is 4.75. The van der Waals surface area contributed by atoms with Crippen LogP contribution >= 0.6 is 0 Å². The molecule has 104 valence electrons. The summed E-state index contributed by atoms with van der Waals surface area (Å²) in [5.74, 6) is 1.69. The molecular formula is C14H24O4. The summed E-state index contributed by atoms with van der Waals surface area (Å²) in [6.07, 6.45) is 5.05. The molecule has 0 aromatic carbocycles. The normalized spacial score (nSPS) is 56.7. The van der Waals surface area contributed by atoms with Crippen molar-refractivity contribution in [3.8, 4) is 0 Å². The van der Waals surface area contributed by atoms with Crippen molar-refractivity contribution in [2.45, 2.75) is 62.9 Å². The van der Waals surface area contributed by atoms with Gasteiger partial charge in [0.15, 0.2) is 0 Å². The van der Waals surface area contributed by atoms with Crippen LogP contribution in [0.1, 0.15) is 38.5 Å². The second-order valence-electron chi connectivity index (χ2n) is 6.68. The molecule has 4 aliphatic rings. The van der Waals surface area contributed by atoms with E-state index in [2.05, 4.69) is 0 Å². The summed E-state index contributed by atoms with van der Waals surface area (Å²) in [6.45, 7) is 0. The maximum Gasteiger partial charge on any atom is 0.0830 e. The first-order chi connectivity index (χ1) is 8.56. The Balaban J connectivity index is 0.000000111. The molecule has 4 saturated carbocycles. The standard InChI is InChI=1S/2C7H12O2/c8-6-2-4-1-5(6)3-7(4)9;8-6-4-1-2-5(3-4)7(6)9/h2*4-9H,1-3H2. The minimum atomic E-state index is -0.399. The van der Waals surface area contributed by atoms with Crippen LogP contribution < -0.4 is 0 Å². The Hall–Kier alpha value is -0.160. The SMILES string of the molecule is OC1C2CCC(C2)C1O.OC1CC2CC1CC2O. The van der Waals surface area contributed by atoms with Crippen molar-refractivity contribution in [3.05, 3.63) is 0 Å². The Morgan fingerprint density at radius 3 is 1.11 bits per heavy atom. The highest BCUT2D eigenvalue weighted by atomic mass is 16.3. The van der Waals surface area contributed by atoms with Crippen molar-refractivity contribution in [2.24, 2.45) is 23.7 Å². The average Bonchev–Trinajstić information content (AvgIpc) is 3.05. The van der Waals surface area contributed by atoms with Gasteiger partial charge in [-0.2, -0.15) is 0 Å². The van der Waals surface area contributed by atoms with Gasteiger partial charge in [0.05, 0.1) is 24.4 Å². The lowest BCUT2D eigenvalue weighted by Gasteiger charge is -2.21. The maximum absolute atomic E-state index is 9.24. The number of rotatable bonds is 0. The predicted molar refractivity (Wildman–Crippen MR) is 65.7 cm³/mol. The molecule has 4 nitrogen and oxygen atoms in total. The number of aliphatic hydroxyl groups excluding tert-OH is 4. The van der Waals surface area contributed by atoms with Crippen molar-refractivity contribution in [2.75, 3.05) is 0 Å². The third kappa shape index (κ3) is 2.09. The number of fused-ring (bicyclic) bond motifs is 4. The Labute approximate surface area is 108 Å². The average molecular weight is 256 g/mol. The molecule has 0 aromatic heterocycles. The topological polar surface area (TPSA) is 80.9 Å². The van der Waals surface area contributed by atoms with Crippen LogP contribution in [-0.4, -0.2) is 44.8 Å². The Morgan fingerprint density at radius 2 is 0.889 bits per heavy atom. The molecule has 4 rings (SSSR count). The van der Waals surface area contributed by atoms with E-state index in [1.54, 1.807) is 0 Å². The summed E-state index contributed by atoms with van der Waals surface area (Å²) in [4.78, 5) is 0. The van der Waals surface area contributed by atoms with Gasteiger partial charge in [-0.05, 0) is 62.2 Å². The molecule has 0 heterocycles. The van der Waals surface area contributed by atoms with Crippen molar-refractivity contribution in [1.82, 2.24) is 0 Å². The van der Waals surface area contributed by atoms with Crippen LogP contribution in [0.25, 0.3) is 0 Å². The number of hydrogen-bond donors (Lipinski definition) is 4. The quantitative estimate of drug-likeness (QED) is 0.502. The zero-order chi connectivity index (χ0) is 12.9. The third-order valence-electron chi connectivity index (χ3n) is 5.61. The zero-order valence-electron chi connectivity index (χ0n) is 10.7. The molecule has 8 unspecified atom stereocenters. The number of hydrogen-bond acceptors (Lipinski definition) is 4. The van der Waals surface area contributed by atoms with Gasteiger partial charge in [0, 0.05) is 0 Å². The van der Waals surface area contributed by atoms with E-state index >= 15 is 0 Å². The predicted octanol–water partition coefficient (Wildman–Crippen LogP) is 0.276. The van der Waals surface area contributed by atoms with Gasteiger partial charge in [0.1, 0.15) is 0 Å². The van der Waals surface area contributed by atoms with Crippen molar-refractivity contribution >= 4 is 0 Å². The van der Waals surface area contributed by atoms with Crippen molar-refractivity contribution < 1.29 is 20.4 Å². The van der Waals surface area contributed by atoms with Crippen LogP contribution in [0.3, 0.4) is 0 Å². The van der Waals surface area contributed by atoms with Gasteiger partial charge in [0.25, 0.3) is 0 Å². The van der Waals surface area contributed by atoms with Crippen LogP contribution in [0.2, 0.25) is 0 Å². The highest BCUT2D eigenvalue weighted by Gasteiger charge is 2.46. The van der Waals surface area contributed by atoms with E-state index in [0.717, 1.165) is 38.5 Å². The molecule has 4 bridgehead atoms. The van der Waals surface area contributed by atoms with Gasteiger partial charge in [-0.15, -0.1) is 0 Å². The van der Waals surface area contributed by atoms with Gasteiger partial charge in [-0.1, -0.05) is 0 Å².